The summed E-state index contributed by atoms with van der Waals surface area (Å²) in [5.41, 5.74) is 1.91. The van der Waals surface area contributed by atoms with Crippen LogP contribution in [-0.2, 0) is 19.5 Å². The molecular weight excluding hydrogens is 380 g/mol. The molecule has 1 aromatic carbocycles. The summed E-state index contributed by atoms with van der Waals surface area (Å²) in [5.74, 6) is 1.16. The third-order valence-corrected chi connectivity index (χ3v) is 5.31. The van der Waals surface area contributed by atoms with Gasteiger partial charge in [0.1, 0.15) is 11.5 Å². The molecule has 144 valence electrons. The molecule has 2 aromatic heterocycles. The van der Waals surface area contributed by atoms with Gasteiger partial charge in [-0.25, -0.2) is 4.98 Å². The lowest BCUT2D eigenvalue weighted by Gasteiger charge is -2.26. The van der Waals surface area contributed by atoms with Gasteiger partial charge in [0.2, 0.25) is 0 Å². The van der Waals surface area contributed by atoms with E-state index in [0.717, 1.165) is 12.2 Å². The maximum Gasteiger partial charge on any atom is 0.280 e. The monoisotopic (exact) mass is 398 g/mol. The van der Waals surface area contributed by atoms with Gasteiger partial charge in [-0.05, 0) is 24.5 Å². The topological polar surface area (TPSA) is 105 Å². The molecule has 0 saturated carbocycles. The lowest BCUT2D eigenvalue weighted by atomic mass is 10.1. The van der Waals surface area contributed by atoms with Gasteiger partial charge < -0.3 is 9.40 Å². The van der Waals surface area contributed by atoms with E-state index in [-0.39, 0.29) is 11.2 Å². The summed E-state index contributed by atoms with van der Waals surface area (Å²) in [6.45, 7) is 1.77. The van der Waals surface area contributed by atoms with Gasteiger partial charge in [0, 0.05) is 25.6 Å². The number of hydrogen-bond donors (Lipinski definition) is 1. The fourth-order valence-electron chi connectivity index (χ4n) is 3.36. The van der Waals surface area contributed by atoms with Crippen LogP contribution in [0.2, 0.25) is 0 Å². The molecule has 0 radical (unpaired) electrons. The van der Waals surface area contributed by atoms with Crippen molar-refractivity contribution >= 4 is 17.4 Å². The van der Waals surface area contributed by atoms with E-state index < -0.39 is 4.92 Å². The maximum atomic E-state index is 12.3. The van der Waals surface area contributed by atoms with Crippen molar-refractivity contribution in [2.45, 2.75) is 24.7 Å². The quantitative estimate of drug-likeness (QED) is 0.304. The van der Waals surface area contributed by atoms with Crippen molar-refractivity contribution in [2.24, 2.45) is 0 Å². The molecule has 0 amide bonds. The van der Waals surface area contributed by atoms with Crippen molar-refractivity contribution in [1.82, 2.24) is 14.9 Å². The van der Waals surface area contributed by atoms with Crippen LogP contribution in [0.3, 0.4) is 0 Å². The molecule has 1 aliphatic heterocycles. The number of nitrogens with one attached hydrogen (secondary N) is 1. The Balaban J connectivity index is 1.53. The first-order valence-electron chi connectivity index (χ1n) is 8.76. The van der Waals surface area contributed by atoms with Crippen molar-refractivity contribution in [3.63, 3.8) is 0 Å². The van der Waals surface area contributed by atoms with Crippen molar-refractivity contribution in [2.75, 3.05) is 12.8 Å². The number of thioether (sulfide) groups is 1. The summed E-state index contributed by atoms with van der Waals surface area (Å²) in [4.78, 5) is 32.5. The van der Waals surface area contributed by atoms with Crippen molar-refractivity contribution in [3.8, 4) is 11.3 Å². The molecule has 28 heavy (non-hydrogen) atoms. The van der Waals surface area contributed by atoms with E-state index in [1.54, 1.807) is 24.3 Å². The molecule has 0 fully saturated rings. The number of benzene rings is 1. The maximum absolute atomic E-state index is 12.3. The van der Waals surface area contributed by atoms with Gasteiger partial charge in [0.15, 0.2) is 5.16 Å². The summed E-state index contributed by atoms with van der Waals surface area (Å²) in [6.07, 6.45) is 2.58. The smallest absolute Gasteiger partial charge is 0.280 e. The van der Waals surface area contributed by atoms with Gasteiger partial charge in [-0.15, -0.1) is 0 Å². The zero-order valence-electron chi connectivity index (χ0n) is 15.2. The number of furan rings is 1. The largest absolute Gasteiger partial charge is 0.459 e. The lowest BCUT2D eigenvalue weighted by Crippen LogP contribution is -2.35. The van der Waals surface area contributed by atoms with E-state index in [9.17, 15) is 14.9 Å². The molecule has 0 bridgehead atoms. The van der Waals surface area contributed by atoms with E-state index >= 15 is 0 Å². The summed E-state index contributed by atoms with van der Waals surface area (Å²) in [5, 5.41) is 11.9. The van der Waals surface area contributed by atoms with Gasteiger partial charge in [0.05, 0.1) is 28.3 Å². The number of aromatic amines is 1. The zero-order chi connectivity index (χ0) is 19.7. The number of hydrogen-bond acceptors (Lipinski definition) is 7. The van der Waals surface area contributed by atoms with Crippen LogP contribution in [0.15, 0.2) is 50.8 Å². The lowest BCUT2D eigenvalue weighted by molar-refractivity contribution is -0.384. The van der Waals surface area contributed by atoms with E-state index in [0.29, 0.717) is 47.3 Å². The fraction of sp³-hybridized carbons (Fsp3) is 0.263. The minimum Gasteiger partial charge on any atom is -0.459 e. The molecule has 0 unspecified atom stereocenters. The second-order valence-electron chi connectivity index (χ2n) is 6.50. The Labute approximate surface area is 164 Å². The highest BCUT2D eigenvalue weighted by Crippen LogP contribution is 2.31. The third kappa shape index (κ3) is 3.58. The molecule has 9 heteroatoms. The van der Waals surface area contributed by atoms with Gasteiger partial charge >= 0.3 is 0 Å². The number of rotatable bonds is 5. The normalized spacial score (nSPS) is 14.0. The molecule has 1 N–H and O–H groups in total. The van der Waals surface area contributed by atoms with Crippen LogP contribution in [0.25, 0.3) is 11.3 Å². The van der Waals surface area contributed by atoms with Crippen LogP contribution < -0.4 is 5.56 Å². The molecule has 0 aliphatic carbocycles. The van der Waals surface area contributed by atoms with Crippen LogP contribution in [-0.4, -0.2) is 32.6 Å². The molecule has 1 aliphatic rings. The van der Waals surface area contributed by atoms with Gasteiger partial charge in [-0.2, -0.15) is 0 Å². The Kier molecular flexibility index (Phi) is 5.01. The number of H-pyrrole nitrogens is 1. The van der Waals surface area contributed by atoms with Crippen LogP contribution in [0.5, 0.6) is 0 Å². The first-order valence-corrected chi connectivity index (χ1v) is 9.98. The van der Waals surface area contributed by atoms with Crippen LogP contribution in [0.1, 0.15) is 17.0 Å². The van der Waals surface area contributed by atoms with Crippen LogP contribution in [0, 0.1) is 10.1 Å². The number of fused-ring (bicyclic) bond motifs is 1. The highest BCUT2D eigenvalue weighted by Gasteiger charge is 2.23. The first-order chi connectivity index (χ1) is 13.5. The second-order valence-corrected chi connectivity index (χ2v) is 7.30. The second kappa shape index (κ2) is 7.61. The highest BCUT2D eigenvalue weighted by molar-refractivity contribution is 7.98. The molecule has 3 aromatic rings. The number of nitrogens with zero attached hydrogens (tertiary/aromatic N) is 3. The Morgan fingerprint density at radius 3 is 2.93 bits per heavy atom. The summed E-state index contributed by atoms with van der Waals surface area (Å²) in [6, 6.07) is 10.1. The molecule has 3 heterocycles. The summed E-state index contributed by atoms with van der Waals surface area (Å²) >= 11 is 1.42. The van der Waals surface area contributed by atoms with Crippen molar-refractivity contribution < 1.29 is 9.34 Å². The Hall–Kier alpha value is -2.91. The number of para-hydroxylation sites is 1. The standard InChI is InChI=1S/C19H18N4O4S/c1-28-19-20-15-8-9-22(11-14(15)18(24)21-19)10-12-6-7-17(27-12)13-4-2-3-5-16(13)23(25)26/h2-7H,8-11H2,1H3,(H,20,21,24). The third-order valence-electron chi connectivity index (χ3n) is 4.73. The highest BCUT2D eigenvalue weighted by atomic mass is 32.2. The minimum absolute atomic E-state index is 0.0116. The first kappa shape index (κ1) is 18.5. The van der Waals surface area contributed by atoms with E-state index in [1.807, 2.05) is 12.3 Å². The van der Waals surface area contributed by atoms with Crippen molar-refractivity contribution in [1.29, 1.82) is 0 Å². The fourth-order valence-corrected chi connectivity index (χ4v) is 3.76. The van der Waals surface area contributed by atoms with E-state index in [1.165, 1.54) is 17.8 Å². The molecular formula is C19H18N4O4S. The average molecular weight is 398 g/mol. The predicted molar refractivity (Wildman–Crippen MR) is 105 cm³/mol. The SMILES string of the molecule is CSc1nc2c(c(=O)[nH]1)CN(Cc1ccc(-c3ccccc3[N+](=O)[O-])o1)CC2. The molecule has 0 spiro atoms. The number of nitro benzene ring substituents is 1. The van der Waals surface area contributed by atoms with Crippen LogP contribution >= 0.6 is 11.8 Å². The van der Waals surface area contributed by atoms with E-state index in [4.69, 9.17) is 4.42 Å². The molecule has 0 saturated heterocycles. The summed E-state index contributed by atoms with van der Waals surface area (Å²) < 4.78 is 5.87. The molecule has 8 nitrogen and oxygen atoms in total. The molecule has 0 atom stereocenters. The number of nitro groups is 1. The van der Waals surface area contributed by atoms with E-state index in [2.05, 4.69) is 14.9 Å². The van der Waals surface area contributed by atoms with Gasteiger partial charge in [-0.3, -0.25) is 19.8 Å². The van der Waals surface area contributed by atoms with Crippen molar-refractivity contribution in [3.05, 3.63) is 73.9 Å². The van der Waals surface area contributed by atoms with Gasteiger partial charge in [-0.1, -0.05) is 23.9 Å². The Bertz CT molecular complexity index is 1090. The minimum atomic E-state index is -0.415. The van der Waals surface area contributed by atoms with Crippen LogP contribution in [0.4, 0.5) is 5.69 Å². The molecule has 4 rings (SSSR count). The Morgan fingerprint density at radius 2 is 2.14 bits per heavy atom. The summed E-state index contributed by atoms with van der Waals surface area (Å²) in [7, 11) is 0. The van der Waals surface area contributed by atoms with Gasteiger partial charge in [0.25, 0.3) is 11.2 Å². The zero-order valence-corrected chi connectivity index (χ0v) is 16.0. The number of aromatic nitrogens is 2. The predicted octanol–water partition coefficient (Wildman–Crippen LogP) is 3.22. The Morgan fingerprint density at radius 1 is 1.32 bits per heavy atom. The average Bonchev–Trinajstić information content (AvgIpc) is 3.16.